The smallest absolute Gasteiger partial charge is 0.354 e. The summed E-state index contributed by atoms with van der Waals surface area (Å²) in [5.74, 6) is 0.0487. The van der Waals surface area contributed by atoms with Crippen molar-refractivity contribution < 1.29 is 18.7 Å². The number of rotatable bonds is 6. The van der Waals surface area contributed by atoms with Gasteiger partial charge in [-0.1, -0.05) is 12.1 Å². The molecule has 2 aromatic carbocycles. The summed E-state index contributed by atoms with van der Waals surface area (Å²) in [6.45, 7) is 0.000386. The molecule has 1 aromatic heterocycles. The lowest BCUT2D eigenvalue weighted by molar-refractivity contribution is -0.122. The molecule has 0 spiro atoms. The van der Waals surface area contributed by atoms with Crippen LogP contribution in [0.4, 0.5) is 14.9 Å². The Morgan fingerprint density at radius 1 is 1.20 bits per heavy atom. The first-order valence-corrected chi connectivity index (χ1v) is 9.12. The molecule has 2 amide bonds. The van der Waals surface area contributed by atoms with Gasteiger partial charge in [0.1, 0.15) is 18.1 Å². The zero-order chi connectivity index (χ0) is 21.3. The number of halogens is 1. The number of amides is 2. The fraction of sp³-hybridized carbons (Fsp3) is 0.200. The molecular formula is C20H18FN5O4. The van der Waals surface area contributed by atoms with Crippen LogP contribution in [0.15, 0.2) is 53.3 Å². The number of hydrogen-bond acceptors (Lipinski definition) is 5. The van der Waals surface area contributed by atoms with Gasteiger partial charge in [-0.2, -0.15) is 9.67 Å². The Kier molecular flexibility index (Phi) is 5.05. The van der Waals surface area contributed by atoms with Crippen molar-refractivity contribution in [2.45, 2.75) is 19.6 Å². The number of hydrogen-bond donors (Lipinski definition) is 1. The topological polar surface area (TPSA) is 98.5 Å². The van der Waals surface area contributed by atoms with Gasteiger partial charge in [0.05, 0.1) is 13.7 Å². The third-order valence-corrected chi connectivity index (χ3v) is 4.68. The van der Waals surface area contributed by atoms with Crippen LogP contribution in [0.25, 0.3) is 0 Å². The van der Waals surface area contributed by atoms with Crippen LogP contribution in [0.5, 0.6) is 5.75 Å². The first kappa shape index (κ1) is 19.4. The molecule has 1 aliphatic rings. The van der Waals surface area contributed by atoms with Crippen molar-refractivity contribution >= 4 is 17.6 Å². The average molecular weight is 411 g/mol. The van der Waals surface area contributed by atoms with Gasteiger partial charge < -0.3 is 10.1 Å². The Labute approximate surface area is 170 Å². The molecule has 0 atom stereocenters. The summed E-state index contributed by atoms with van der Waals surface area (Å²) in [4.78, 5) is 38.7. The van der Waals surface area contributed by atoms with Crippen molar-refractivity contribution in [1.29, 1.82) is 0 Å². The standard InChI is InChI=1S/C20H18FN5O4/c1-30-16-4-2-3-13(9-16)10-22-18(27)12-25-20(29)26-17(23-25)11-24(19(26)28)15-7-5-14(21)6-8-15/h2-9H,10-12H2,1H3,(H,22,27). The number of aromatic nitrogens is 3. The van der Waals surface area contributed by atoms with Gasteiger partial charge in [0.25, 0.3) is 0 Å². The van der Waals surface area contributed by atoms with Crippen molar-refractivity contribution in [1.82, 2.24) is 19.7 Å². The minimum atomic E-state index is -0.698. The lowest BCUT2D eigenvalue weighted by Crippen LogP contribution is -2.37. The van der Waals surface area contributed by atoms with E-state index in [9.17, 15) is 18.8 Å². The molecule has 9 nitrogen and oxygen atoms in total. The van der Waals surface area contributed by atoms with Crippen LogP contribution in [0.1, 0.15) is 11.4 Å². The molecule has 0 saturated heterocycles. The molecular weight excluding hydrogens is 393 g/mol. The molecule has 154 valence electrons. The van der Waals surface area contributed by atoms with Crippen LogP contribution in [0, 0.1) is 5.82 Å². The summed E-state index contributed by atoms with van der Waals surface area (Å²) in [7, 11) is 1.56. The first-order chi connectivity index (χ1) is 14.5. The van der Waals surface area contributed by atoms with Gasteiger partial charge in [-0.25, -0.2) is 18.7 Å². The van der Waals surface area contributed by atoms with E-state index in [1.54, 1.807) is 19.2 Å². The van der Waals surface area contributed by atoms with Crippen molar-refractivity contribution in [2.75, 3.05) is 12.0 Å². The predicted octanol–water partition coefficient (Wildman–Crippen LogP) is 1.50. The summed E-state index contributed by atoms with van der Waals surface area (Å²) in [5.41, 5.74) is 0.595. The lowest BCUT2D eigenvalue weighted by atomic mass is 10.2. The van der Waals surface area contributed by atoms with Crippen LogP contribution >= 0.6 is 0 Å². The minimum Gasteiger partial charge on any atom is -0.497 e. The number of carbonyl (C=O) groups excluding carboxylic acids is 2. The molecule has 2 heterocycles. The number of ether oxygens (including phenoxy) is 1. The van der Waals surface area contributed by atoms with Crippen LogP contribution in [0.3, 0.4) is 0 Å². The van der Waals surface area contributed by atoms with E-state index >= 15 is 0 Å². The number of fused-ring (bicyclic) bond motifs is 1. The monoisotopic (exact) mass is 411 g/mol. The zero-order valence-electron chi connectivity index (χ0n) is 16.0. The summed E-state index contributed by atoms with van der Waals surface area (Å²) in [6, 6.07) is 12.0. The highest BCUT2D eigenvalue weighted by molar-refractivity contribution is 5.96. The molecule has 1 aliphatic heterocycles. The molecule has 0 aliphatic carbocycles. The third-order valence-electron chi connectivity index (χ3n) is 4.68. The van der Waals surface area contributed by atoms with Crippen LogP contribution < -0.4 is 20.6 Å². The second-order valence-electron chi connectivity index (χ2n) is 6.67. The quantitative estimate of drug-likeness (QED) is 0.663. The maximum Gasteiger partial charge on any atom is 0.354 e. The molecule has 0 unspecified atom stereocenters. The van der Waals surface area contributed by atoms with Gasteiger partial charge in [0.2, 0.25) is 5.91 Å². The Morgan fingerprint density at radius 2 is 1.97 bits per heavy atom. The highest BCUT2D eigenvalue weighted by Crippen LogP contribution is 2.22. The van der Waals surface area contributed by atoms with Gasteiger partial charge in [-0.15, -0.1) is 0 Å². The molecule has 4 rings (SSSR count). The number of benzene rings is 2. The van der Waals surface area contributed by atoms with Crippen LogP contribution in [0.2, 0.25) is 0 Å². The highest BCUT2D eigenvalue weighted by Gasteiger charge is 2.33. The zero-order valence-corrected chi connectivity index (χ0v) is 16.0. The largest absolute Gasteiger partial charge is 0.497 e. The number of carbonyl (C=O) groups is 2. The molecule has 30 heavy (non-hydrogen) atoms. The molecule has 0 fully saturated rings. The molecule has 0 bridgehead atoms. The van der Waals surface area contributed by atoms with E-state index < -0.39 is 23.4 Å². The molecule has 3 aromatic rings. The van der Waals surface area contributed by atoms with Crippen LogP contribution in [-0.2, 0) is 24.4 Å². The van der Waals surface area contributed by atoms with Gasteiger partial charge >= 0.3 is 11.7 Å². The normalized spacial score (nSPS) is 12.7. The maximum absolute atomic E-state index is 13.1. The van der Waals surface area contributed by atoms with Crippen molar-refractivity contribution in [3.8, 4) is 5.75 Å². The Bertz CT molecular complexity index is 1170. The van der Waals surface area contributed by atoms with E-state index in [2.05, 4.69) is 10.4 Å². The molecule has 10 heteroatoms. The van der Waals surface area contributed by atoms with E-state index in [0.717, 1.165) is 14.8 Å². The van der Waals surface area contributed by atoms with E-state index in [4.69, 9.17) is 4.74 Å². The molecule has 1 N–H and O–H groups in total. The Balaban J connectivity index is 1.43. The maximum atomic E-state index is 13.1. The second-order valence-corrected chi connectivity index (χ2v) is 6.67. The Morgan fingerprint density at radius 3 is 2.67 bits per heavy atom. The SMILES string of the molecule is COc1cccc(CNC(=O)Cn2nc3n(c2=O)C(=O)N(c2ccc(F)cc2)C3)c1. The fourth-order valence-electron chi connectivity index (χ4n) is 3.18. The van der Waals surface area contributed by atoms with E-state index in [1.165, 1.54) is 29.2 Å². The Hall–Kier alpha value is -3.95. The van der Waals surface area contributed by atoms with E-state index in [-0.39, 0.29) is 25.5 Å². The van der Waals surface area contributed by atoms with Crippen LogP contribution in [-0.4, -0.2) is 33.4 Å². The fourth-order valence-corrected chi connectivity index (χ4v) is 3.18. The first-order valence-electron chi connectivity index (χ1n) is 9.12. The minimum absolute atomic E-state index is 0.0537. The lowest BCUT2D eigenvalue weighted by Gasteiger charge is -2.14. The highest BCUT2D eigenvalue weighted by atomic mass is 19.1. The molecule has 0 radical (unpaired) electrons. The number of anilines is 1. The van der Waals surface area contributed by atoms with Crippen molar-refractivity contribution in [2.24, 2.45) is 0 Å². The average Bonchev–Trinajstić information content (AvgIpc) is 3.23. The van der Waals surface area contributed by atoms with Gasteiger partial charge in [0.15, 0.2) is 5.82 Å². The predicted molar refractivity (Wildman–Crippen MR) is 105 cm³/mol. The third kappa shape index (κ3) is 3.66. The van der Waals surface area contributed by atoms with Crippen molar-refractivity contribution in [3.63, 3.8) is 0 Å². The summed E-state index contributed by atoms with van der Waals surface area (Å²) in [5, 5.41) is 6.81. The van der Waals surface area contributed by atoms with E-state index in [0.29, 0.717) is 11.4 Å². The number of nitrogens with zero attached hydrogens (tertiary/aromatic N) is 4. The summed E-state index contributed by atoms with van der Waals surface area (Å²) >= 11 is 0. The van der Waals surface area contributed by atoms with Gasteiger partial charge in [-0.3, -0.25) is 9.69 Å². The van der Waals surface area contributed by atoms with Gasteiger partial charge in [0, 0.05) is 12.2 Å². The van der Waals surface area contributed by atoms with Gasteiger partial charge in [-0.05, 0) is 42.0 Å². The van der Waals surface area contributed by atoms with Crippen molar-refractivity contribution in [3.05, 3.63) is 76.2 Å². The summed E-state index contributed by atoms with van der Waals surface area (Å²) < 4.78 is 20.1. The number of methoxy groups -OCH3 is 1. The van der Waals surface area contributed by atoms with E-state index in [1.807, 2.05) is 12.1 Å². The molecule has 0 saturated carbocycles. The summed E-state index contributed by atoms with van der Waals surface area (Å²) in [6.07, 6.45) is 0. The number of nitrogens with one attached hydrogen (secondary N) is 1. The second kappa shape index (κ2) is 7.82.